The molecule has 1 atom stereocenters. The monoisotopic (exact) mass is 363 g/mol. The second-order valence-corrected chi connectivity index (χ2v) is 6.58. The summed E-state index contributed by atoms with van der Waals surface area (Å²) >= 11 is 0. The molecule has 0 radical (unpaired) electrons. The number of aromatic nitrogens is 2. The minimum atomic E-state index is -0.521. The molecule has 1 amide bonds. The van der Waals surface area contributed by atoms with Gasteiger partial charge in [-0.1, -0.05) is 31.2 Å². The molecule has 3 rings (SSSR count). The van der Waals surface area contributed by atoms with Crippen molar-refractivity contribution < 1.29 is 9.53 Å². The summed E-state index contributed by atoms with van der Waals surface area (Å²) in [6, 6.07) is 13.8. The number of nitrogens with one attached hydrogen (secondary N) is 1. The van der Waals surface area contributed by atoms with Gasteiger partial charge >= 0.3 is 0 Å². The molecule has 5 nitrogen and oxygen atoms in total. The Morgan fingerprint density at radius 3 is 2.70 bits per heavy atom. The zero-order chi connectivity index (χ0) is 19.2. The van der Waals surface area contributed by atoms with Crippen LogP contribution in [-0.2, 0) is 11.3 Å². The van der Waals surface area contributed by atoms with Crippen LogP contribution in [0.4, 0.5) is 0 Å². The van der Waals surface area contributed by atoms with Crippen LogP contribution < -0.4 is 10.1 Å². The van der Waals surface area contributed by atoms with E-state index in [0.717, 1.165) is 22.6 Å². The lowest BCUT2D eigenvalue weighted by Gasteiger charge is -2.19. The van der Waals surface area contributed by atoms with E-state index in [0.29, 0.717) is 13.0 Å². The predicted molar refractivity (Wildman–Crippen MR) is 106 cm³/mol. The van der Waals surface area contributed by atoms with E-state index in [1.807, 2.05) is 67.1 Å². The number of rotatable bonds is 7. The number of nitrogens with zero attached hydrogens (tertiary/aromatic N) is 2. The molecule has 0 spiro atoms. The Morgan fingerprint density at radius 2 is 2.00 bits per heavy atom. The van der Waals surface area contributed by atoms with E-state index in [2.05, 4.69) is 17.2 Å². The fraction of sp³-hybridized carbons (Fsp3) is 0.273. The molecular formula is C22H25N3O2. The van der Waals surface area contributed by atoms with Crippen LogP contribution in [0, 0.1) is 13.8 Å². The Labute approximate surface area is 160 Å². The summed E-state index contributed by atoms with van der Waals surface area (Å²) in [5, 5.41) is 3.00. The third kappa shape index (κ3) is 4.56. The van der Waals surface area contributed by atoms with E-state index in [-0.39, 0.29) is 5.91 Å². The first kappa shape index (κ1) is 18.7. The first-order valence-electron chi connectivity index (χ1n) is 9.16. The van der Waals surface area contributed by atoms with Gasteiger partial charge in [-0.3, -0.25) is 4.79 Å². The summed E-state index contributed by atoms with van der Waals surface area (Å²) in [6.07, 6.45) is 5.45. The summed E-state index contributed by atoms with van der Waals surface area (Å²) in [7, 11) is 0. The van der Waals surface area contributed by atoms with Gasteiger partial charge in [0.1, 0.15) is 5.75 Å². The molecule has 0 saturated carbocycles. The Balaban J connectivity index is 1.67. The summed E-state index contributed by atoms with van der Waals surface area (Å²) in [4.78, 5) is 16.7. The normalized spacial score (nSPS) is 11.8. The standard InChI is InChI=1S/C22H25N3O2/c1-4-21(27-19-10-9-16(2)17(3)13-19)22(26)24-14-18-7-5-6-8-20(18)25-12-11-23-15-25/h5-13,15,21H,4,14H2,1-3H3,(H,24,26)/t21-/m1/s1. The van der Waals surface area contributed by atoms with E-state index in [4.69, 9.17) is 4.74 Å². The summed E-state index contributed by atoms with van der Waals surface area (Å²) in [6.45, 7) is 6.47. The number of carbonyl (C=O) groups is 1. The zero-order valence-corrected chi connectivity index (χ0v) is 16.0. The maximum atomic E-state index is 12.6. The van der Waals surface area contributed by atoms with E-state index >= 15 is 0 Å². The van der Waals surface area contributed by atoms with Crippen molar-refractivity contribution in [3.05, 3.63) is 77.9 Å². The first-order chi connectivity index (χ1) is 13.1. The van der Waals surface area contributed by atoms with Gasteiger partial charge in [-0.05, 0) is 55.2 Å². The highest BCUT2D eigenvalue weighted by molar-refractivity contribution is 5.81. The second-order valence-electron chi connectivity index (χ2n) is 6.58. The largest absolute Gasteiger partial charge is 0.481 e. The average molecular weight is 363 g/mol. The average Bonchev–Trinajstić information content (AvgIpc) is 3.21. The van der Waals surface area contributed by atoms with Gasteiger partial charge in [-0.2, -0.15) is 0 Å². The van der Waals surface area contributed by atoms with Crippen LogP contribution in [-0.4, -0.2) is 21.6 Å². The van der Waals surface area contributed by atoms with Gasteiger partial charge in [-0.25, -0.2) is 4.98 Å². The van der Waals surface area contributed by atoms with Crippen LogP contribution in [0.15, 0.2) is 61.2 Å². The molecule has 27 heavy (non-hydrogen) atoms. The first-order valence-corrected chi connectivity index (χ1v) is 9.16. The van der Waals surface area contributed by atoms with Crippen molar-refractivity contribution in [1.82, 2.24) is 14.9 Å². The molecule has 0 saturated heterocycles. The van der Waals surface area contributed by atoms with Gasteiger partial charge < -0.3 is 14.6 Å². The molecule has 0 unspecified atom stereocenters. The van der Waals surface area contributed by atoms with Gasteiger partial charge in [0.05, 0.1) is 12.0 Å². The molecule has 5 heteroatoms. The molecule has 0 bridgehead atoms. The Hall–Kier alpha value is -3.08. The zero-order valence-electron chi connectivity index (χ0n) is 16.0. The van der Waals surface area contributed by atoms with E-state index in [1.165, 1.54) is 5.56 Å². The second kappa shape index (κ2) is 8.54. The number of benzene rings is 2. The van der Waals surface area contributed by atoms with E-state index in [9.17, 15) is 4.79 Å². The van der Waals surface area contributed by atoms with Gasteiger partial charge in [0.2, 0.25) is 0 Å². The van der Waals surface area contributed by atoms with Crippen molar-refractivity contribution >= 4 is 5.91 Å². The number of ether oxygens (including phenoxy) is 1. The van der Waals surface area contributed by atoms with E-state index in [1.54, 1.807) is 12.5 Å². The minimum Gasteiger partial charge on any atom is -0.481 e. The van der Waals surface area contributed by atoms with Crippen molar-refractivity contribution in [1.29, 1.82) is 0 Å². The fourth-order valence-electron chi connectivity index (χ4n) is 2.88. The van der Waals surface area contributed by atoms with Gasteiger partial charge in [-0.15, -0.1) is 0 Å². The number of hydrogen-bond donors (Lipinski definition) is 1. The maximum absolute atomic E-state index is 12.6. The molecule has 0 aliphatic heterocycles. The number of hydrogen-bond acceptors (Lipinski definition) is 3. The third-order valence-electron chi connectivity index (χ3n) is 4.65. The van der Waals surface area contributed by atoms with Gasteiger partial charge in [0.25, 0.3) is 5.91 Å². The van der Waals surface area contributed by atoms with Gasteiger partial charge in [0.15, 0.2) is 6.10 Å². The number of amides is 1. The Bertz CT molecular complexity index is 904. The minimum absolute atomic E-state index is 0.115. The van der Waals surface area contributed by atoms with E-state index < -0.39 is 6.10 Å². The Morgan fingerprint density at radius 1 is 1.19 bits per heavy atom. The smallest absolute Gasteiger partial charge is 0.261 e. The van der Waals surface area contributed by atoms with Crippen molar-refractivity contribution in [2.45, 2.75) is 39.8 Å². The molecule has 2 aromatic carbocycles. The topological polar surface area (TPSA) is 56.1 Å². The van der Waals surface area contributed by atoms with Gasteiger partial charge in [0, 0.05) is 18.9 Å². The van der Waals surface area contributed by atoms with Crippen LogP contribution in [0.25, 0.3) is 5.69 Å². The maximum Gasteiger partial charge on any atom is 0.261 e. The Kier molecular flexibility index (Phi) is 5.91. The SMILES string of the molecule is CC[C@@H](Oc1ccc(C)c(C)c1)C(=O)NCc1ccccc1-n1ccnc1. The molecule has 1 heterocycles. The molecule has 0 aliphatic carbocycles. The summed E-state index contributed by atoms with van der Waals surface area (Å²) in [5.74, 6) is 0.607. The highest BCUT2D eigenvalue weighted by Crippen LogP contribution is 2.19. The number of carbonyl (C=O) groups excluding carboxylic acids is 1. The van der Waals surface area contributed by atoms with Crippen molar-refractivity contribution in [3.8, 4) is 11.4 Å². The predicted octanol–water partition coefficient (Wildman–Crippen LogP) is 3.96. The lowest BCUT2D eigenvalue weighted by atomic mass is 10.1. The van der Waals surface area contributed by atoms with Crippen LogP contribution in [0.2, 0.25) is 0 Å². The molecular weight excluding hydrogens is 338 g/mol. The fourth-order valence-corrected chi connectivity index (χ4v) is 2.88. The number of imidazole rings is 1. The number of aryl methyl sites for hydroxylation is 2. The van der Waals surface area contributed by atoms with Crippen LogP contribution >= 0.6 is 0 Å². The third-order valence-corrected chi connectivity index (χ3v) is 4.65. The van der Waals surface area contributed by atoms with Crippen molar-refractivity contribution in [3.63, 3.8) is 0 Å². The lowest BCUT2D eigenvalue weighted by molar-refractivity contribution is -0.128. The van der Waals surface area contributed by atoms with Crippen LogP contribution in [0.1, 0.15) is 30.0 Å². The quantitative estimate of drug-likeness (QED) is 0.691. The molecule has 3 aromatic rings. The molecule has 0 fully saturated rings. The summed E-state index contributed by atoms with van der Waals surface area (Å²) < 4.78 is 7.86. The summed E-state index contributed by atoms with van der Waals surface area (Å²) in [5.41, 5.74) is 4.37. The molecule has 1 aromatic heterocycles. The van der Waals surface area contributed by atoms with Crippen LogP contribution in [0.3, 0.4) is 0 Å². The van der Waals surface area contributed by atoms with Crippen LogP contribution in [0.5, 0.6) is 5.75 Å². The van der Waals surface area contributed by atoms with Crippen molar-refractivity contribution in [2.75, 3.05) is 0 Å². The molecule has 1 N–H and O–H groups in total. The lowest BCUT2D eigenvalue weighted by Crippen LogP contribution is -2.37. The number of para-hydroxylation sites is 1. The highest BCUT2D eigenvalue weighted by atomic mass is 16.5. The van der Waals surface area contributed by atoms with Crippen molar-refractivity contribution in [2.24, 2.45) is 0 Å². The molecule has 140 valence electrons. The molecule has 0 aliphatic rings. The highest BCUT2D eigenvalue weighted by Gasteiger charge is 2.18.